The average Bonchev–Trinajstić information content (AvgIpc) is 3.04. The van der Waals surface area contributed by atoms with Crippen molar-refractivity contribution in [1.29, 1.82) is 0 Å². The lowest BCUT2D eigenvalue weighted by Crippen LogP contribution is -2.26. The highest BCUT2D eigenvalue weighted by atomic mass is 16.5. The molecule has 0 aliphatic heterocycles. The zero-order valence-electron chi connectivity index (χ0n) is 14.4. The highest BCUT2D eigenvalue weighted by Crippen LogP contribution is 2.17. The van der Waals surface area contributed by atoms with Crippen molar-refractivity contribution in [3.63, 3.8) is 0 Å². The summed E-state index contributed by atoms with van der Waals surface area (Å²) in [5.74, 6) is 0.681. The molecule has 3 rings (SSSR count). The minimum Gasteiger partial charge on any atom is -0.497 e. The first-order chi connectivity index (χ1) is 12.2. The van der Waals surface area contributed by atoms with Gasteiger partial charge >= 0.3 is 0 Å². The standard InChI is InChI=1S/C20H21N3O2/c1-15-19(20(24)21-13-12-16-6-4-3-5-7-16)14-22-23(15)17-8-10-18(25-2)11-9-17/h3-11,14H,12-13H2,1-2H3,(H,21,24). The maximum atomic E-state index is 12.4. The molecule has 5 nitrogen and oxygen atoms in total. The van der Waals surface area contributed by atoms with Crippen LogP contribution in [0.4, 0.5) is 0 Å². The molecule has 0 radical (unpaired) electrons. The lowest BCUT2D eigenvalue weighted by atomic mass is 10.1. The summed E-state index contributed by atoms with van der Waals surface area (Å²) >= 11 is 0. The molecule has 0 bridgehead atoms. The largest absolute Gasteiger partial charge is 0.497 e. The molecule has 3 aromatic rings. The molecule has 0 saturated carbocycles. The van der Waals surface area contributed by atoms with Gasteiger partial charge in [0, 0.05) is 6.54 Å². The third-order valence-electron chi connectivity index (χ3n) is 4.11. The van der Waals surface area contributed by atoms with Crippen LogP contribution in [-0.2, 0) is 6.42 Å². The van der Waals surface area contributed by atoms with E-state index in [1.54, 1.807) is 18.0 Å². The Morgan fingerprint density at radius 1 is 1.12 bits per heavy atom. The van der Waals surface area contributed by atoms with Crippen molar-refractivity contribution >= 4 is 5.91 Å². The number of methoxy groups -OCH3 is 1. The van der Waals surface area contributed by atoms with Crippen LogP contribution in [0, 0.1) is 6.92 Å². The minimum atomic E-state index is -0.104. The summed E-state index contributed by atoms with van der Waals surface area (Å²) in [6.07, 6.45) is 2.41. The van der Waals surface area contributed by atoms with Crippen molar-refractivity contribution < 1.29 is 9.53 Å². The van der Waals surface area contributed by atoms with Crippen LogP contribution < -0.4 is 10.1 Å². The summed E-state index contributed by atoms with van der Waals surface area (Å²) in [7, 11) is 1.63. The quantitative estimate of drug-likeness (QED) is 0.753. The fourth-order valence-corrected chi connectivity index (χ4v) is 2.68. The minimum absolute atomic E-state index is 0.104. The molecule has 1 amide bonds. The Labute approximate surface area is 147 Å². The highest BCUT2D eigenvalue weighted by molar-refractivity contribution is 5.95. The zero-order chi connectivity index (χ0) is 17.6. The molecule has 0 fully saturated rings. The van der Waals surface area contributed by atoms with E-state index in [1.165, 1.54) is 5.56 Å². The normalized spacial score (nSPS) is 10.5. The summed E-state index contributed by atoms with van der Waals surface area (Å²) in [6, 6.07) is 17.7. The van der Waals surface area contributed by atoms with Gasteiger partial charge in [0.05, 0.1) is 30.3 Å². The number of benzene rings is 2. The van der Waals surface area contributed by atoms with Crippen LogP contribution in [0.15, 0.2) is 60.8 Å². The Balaban J connectivity index is 1.66. The van der Waals surface area contributed by atoms with Crippen LogP contribution in [-0.4, -0.2) is 29.3 Å². The van der Waals surface area contributed by atoms with Gasteiger partial charge in [-0.2, -0.15) is 5.10 Å². The fourth-order valence-electron chi connectivity index (χ4n) is 2.68. The molecule has 0 saturated heterocycles. The topological polar surface area (TPSA) is 56.2 Å². The van der Waals surface area contributed by atoms with E-state index in [9.17, 15) is 4.79 Å². The second-order valence-corrected chi connectivity index (χ2v) is 5.74. The molecule has 0 atom stereocenters. The molecule has 25 heavy (non-hydrogen) atoms. The first-order valence-electron chi connectivity index (χ1n) is 8.20. The number of carbonyl (C=O) groups is 1. The molecule has 1 N–H and O–H groups in total. The number of aromatic nitrogens is 2. The van der Waals surface area contributed by atoms with Crippen LogP contribution >= 0.6 is 0 Å². The van der Waals surface area contributed by atoms with Crippen LogP contribution in [0.5, 0.6) is 5.75 Å². The second kappa shape index (κ2) is 7.66. The number of hydrogen-bond acceptors (Lipinski definition) is 3. The molecule has 0 unspecified atom stereocenters. The number of hydrogen-bond donors (Lipinski definition) is 1. The molecule has 5 heteroatoms. The van der Waals surface area contributed by atoms with Gasteiger partial charge in [-0.3, -0.25) is 4.79 Å². The van der Waals surface area contributed by atoms with E-state index in [4.69, 9.17) is 4.74 Å². The maximum absolute atomic E-state index is 12.4. The lowest BCUT2D eigenvalue weighted by Gasteiger charge is -2.07. The molecule has 1 aromatic heterocycles. The third kappa shape index (κ3) is 3.88. The van der Waals surface area contributed by atoms with Crippen molar-refractivity contribution in [3.8, 4) is 11.4 Å². The van der Waals surface area contributed by atoms with E-state index in [0.717, 1.165) is 23.6 Å². The smallest absolute Gasteiger partial charge is 0.254 e. The lowest BCUT2D eigenvalue weighted by molar-refractivity contribution is 0.0953. The van der Waals surface area contributed by atoms with Gasteiger partial charge in [-0.15, -0.1) is 0 Å². The SMILES string of the molecule is COc1ccc(-n2ncc(C(=O)NCCc3ccccc3)c2C)cc1. The van der Waals surface area contributed by atoms with Gasteiger partial charge in [-0.1, -0.05) is 30.3 Å². The predicted octanol–water partition coefficient (Wildman–Crippen LogP) is 3.16. The van der Waals surface area contributed by atoms with Crippen molar-refractivity contribution in [3.05, 3.63) is 77.6 Å². The van der Waals surface area contributed by atoms with Gasteiger partial charge in [0.15, 0.2) is 0 Å². The Morgan fingerprint density at radius 2 is 1.84 bits per heavy atom. The van der Waals surface area contributed by atoms with Gasteiger partial charge in [-0.25, -0.2) is 4.68 Å². The summed E-state index contributed by atoms with van der Waals surface area (Å²) in [5.41, 5.74) is 3.49. The monoisotopic (exact) mass is 335 g/mol. The van der Waals surface area contributed by atoms with Crippen LogP contribution in [0.3, 0.4) is 0 Å². The number of nitrogens with one attached hydrogen (secondary N) is 1. The summed E-state index contributed by atoms with van der Waals surface area (Å²) in [4.78, 5) is 12.4. The van der Waals surface area contributed by atoms with Gasteiger partial charge in [0.25, 0.3) is 5.91 Å². The number of ether oxygens (including phenoxy) is 1. The second-order valence-electron chi connectivity index (χ2n) is 5.74. The predicted molar refractivity (Wildman–Crippen MR) is 97.3 cm³/mol. The summed E-state index contributed by atoms with van der Waals surface area (Å²) in [5, 5.41) is 7.30. The van der Waals surface area contributed by atoms with Crippen molar-refractivity contribution in [1.82, 2.24) is 15.1 Å². The van der Waals surface area contributed by atoms with Gasteiger partial charge < -0.3 is 10.1 Å². The highest BCUT2D eigenvalue weighted by Gasteiger charge is 2.14. The van der Waals surface area contributed by atoms with E-state index >= 15 is 0 Å². The van der Waals surface area contributed by atoms with Crippen molar-refractivity contribution in [2.45, 2.75) is 13.3 Å². The third-order valence-corrected chi connectivity index (χ3v) is 4.11. The Morgan fingerprint density at radius 3 is 2.52 bits per heavy atom. The number of rotatable bonds is 6. The Hall–Kier alpha value is -3.08. The Kier molecular flexibility index (Phi) is 5.14. The fraction of sp³-hybridized carbons (Fsp3) is 0.200. The molecule has 0 aliphatic carbocycles. The van der Waals surface area contributed by atoms with Crippen molar-refractivity contribution in [2.24, 2.45) is 0 Å². The van der Waals surface area contributed by atoms with E-state index in [-0.39, 0.29) is 5.91 Å². The first-order valence-corrected chi connectivity index (χ1v) is 8.20. The van der Waals surface area contributed by atoms with Crippen molar-refractivity contribution in [2.75, 3.05) is 13.7 Å². The van der Waals surface area contributed by atoms with Crippen LogP contribution in [0.2, 0.25) is 0 Å². The first kappa shape index (κ1) is 16.8. The summed E-state index contributed by atoms with van der Waals surface area (Å²) < 4.78 is 6.92. The van der Waals surface area contributed by atoms with E-state index in [0.29, 0.717) is 12.1 Å². The van der Waals surface area contributed by atoms with Gasteiger partial charge in [0.1, 0.15) is 5.75 Å². The van der Waals surface area contributed by atoms with Gasteiger partial charge in [-0.05, 0) is 43.2 Å². The molecule has 2 aromatic carbocycles. The van der Waals surface area contributed by atoms with E-state index in [2.05, 4.69) is 22.5 Å². The summed E-state index contributed by atoms with van der Waals surface area (Å²) in [6.45, 7) is 2.49. The molecule has 0 spiro atoms. The molecule has 1 heterocycles. The van der Waals surface area contributed by atoms with E-state index in [1.807, 2.05) is 49.4 Å². The van der Waals surface area contributed by atoms with Crippen LogP contribution in [0.25, 0.3) is 5.69 Å². The molecule has 0 aliphatic rings. The van der Waals surface area contributed by atoms with Gasteiger partial charge in [0.2, 0.25) is 0 Å². The van der Waals surface area contributed by atoms with Crippen LogP contribution in [0.1, 0.15) is 21.6 Å². The maximum Gasteiger partial charge on any atom is 0.254 e. The average molecular weight is 335 g/mol. The zero-order valence-corrected chi connectivity index (χ0v) is 14.4. The Bertz CT molecular complexity index is 839. The van der Waals surface area contributed by atoms with E-state index < -0.39 is 0 Å². The molecular weight excluding hydrogens is 314 g/mol. The number of nitrogens with zero attached hydrogens (tertiary/aromatic N) is 2. The molecule has 128 valence electrons. The number of amides is 1. The number of carbonyl (C=O) groups excluding carboxylic acids is 1. The molecular formula is C20H21N3O2.